The van der Waals surface area contributed by atoms with Gasteiger partial charge in [0.05, 0.1) is 18.2 Å². The summed E-state index contributed by atoms with van der Waals surface area (Å²) in [5, 5.41) is 3.98. The highest BCUT2D eigenvalue weighted by Gasteiger charge is 2.26. The van der Waals surface area contributed by atoms with Crippen molar-refractivity contribution in [2.24, 2.45) is 5.10 Å². The first-order valence-electron chi connectivity index (χ1n) is 13.1. The zero-order valence-electron chi connectivity index (χ0n) is 23.7. The van der Waals surface area contributed by atoms with Gasteiger partial charge in [-0.05, 0) is 79.9 Å². The topological polar surface area (TPSA) is 140 Å². The lowest BCUT2D eigenvalue weighted by Crippen LogP contribution is -2.46. The van der Waals surface area contributed by atoms with Gasteiger partial charge < -0.3 is 8.92 Å². The normalized spacial score (nSPS) is 12.5. The second-order valence-corrected chi connectivity index (χ2v) is 13.0. The molecular weight excluding hydrogens is 590 g/mol. The molecule has 0 saturated carbocycles. The largest absolute Gasteiger partial charge is 0.497 e. The van der Waals surface area contributed by atoms with Crippen LogP contribution in [0.25, 0.3) is 0 Å². The summed E-state index contributed by atoms with van der Waals surface area (Å²) >= 11 is 0. The van der Waals surface area contributed by atoms with Crippen LogP contribution in [0.1, 0.15) is 22.3 Å². The monoisotopic (exact) mass is 621 g/mol. The number of carbonyl (C=O) groups excluding carboxylic acids is 1. The van der Waals surface area contributed by atoms with E-state index in [4.69, 9.17) is 8.92 Å². The molecule has 1 amide bonds. The summed E-state index contributed by atoms with van der Waals surface area (Å²) in [4.78, 5) is 13.2. The molecule has 0 aliphatic heterocycles. The Morgan fingerprint density at radius 3 is 2.02 bits per heavy atom. The Balaban J connectivity index is 1.52. The van der Waals surface area contributed by atoms with E-state index in [1.54, 1.807) is 60.7 Å². The van der Waals surface area contributed by atoms with Gasteiger partial charge in [-0.15, -0.1) is 0 Å². The highest BCUT2D eigenvalue weighted by molar-refractivity contribution is 7.89. The van der Waals surface area contributed by atoms with Crippen LogP contribution in [0, 0.1) is 13.8 Å². The summed E-state index contributed by atoms with van der Waals surface area (Å²) in [6, 6.07) is 24.2. The number of hydrazone groups is 1. The van der Waals surface area contributed by atoms with Crippen molar-refractivity contribution in [3.63, 3.8) is 0 Å². The summed E-state index contributed by atoms with van der Waals surface area (Å²) < 4.78 is 64.5. The van der Waals surface area contributed by atoms with Crippen molar-refractivity contribution in [1.82, 2.24) is 10.1 Å². The second kappa shape index (κ2) is 13.6. The maximum Gasteiger partial charge on any atom is 0.339 e. The van der Waals surface area contributed by atoms with E-state index in [2.05, 4.69) is 15.2 Å². The number of methoxy groups -OCH3 is 1. The van der Waals surface area contributed by atoms with Crippen LogP contribution in [0.4, 0.5) is 0 Å². The maximum absolute atomic E-state index is 13.2. The van der Waals surface area contributed by atoms with E-state index in [1.807, 2.05) is 13.8 Å². The lowest BCUT2D eigenvalue weighted by molar-refractivity contribution is -0.122. The minimum absolute atomic E-state index is 0.000780. The number of nitrogens with one attached hydrogen (secondary N) is 2. The Labute approximate surface area is 251 Å². The molecule has 4 aromatic carbocycles. The molecule has 2 N–H and O–H groups in total. The molecule has 0 saturated heterocycles. The first kappa shape index (κ1) is 31.4. The first-order valence-corrected chi connectivity index (χ1v) is 16.0. The first-order chi connectivity index (χ1) is 20.4. The second-order valence-electron chi connectivity index (χ2n) is 9.70. The standard InChI is InChI=1S/C31H31N3O7S2/c1-22-7-15-28(16-8-22)42(36,37)34-30(31(35)33-32-21-25-5-4-6-27(19-25)40-3)20-24-11-13-26(14-12-24)41-43(38,39)29-17-9-23(2)10-18-29/h4-19,21,30,34H,20H2,1-3H3,(H,33,35)/b32-21-. The fourth-order valence-electron chi connectivity index (χ4n) is 3.93. The lowest BCUT2D eigenvalue weighted by atomic mass is 10.1. The van der Waals surface area contributed by atoms with E-state index in [0.717, 1.165) is 11.1 Å². The molecule has 12 heteroatoms. The number of hydrogen-bond donors (Lipinski definition) is 2. The molecule has 0 heterocycles. The van der Waals surface area contributed by atoms with Crippen molar-refractivity contribution in [2.75, 3.05) is 7.11 Å². The molecule has 224 valence electrons. The van der Waals surface area contributed by atoms with E-state index in [0.29, 0.717) is 16.9 Å². The van der Waals surface area contributed by atoms with Crippen molar-refractivity contribution >= 4 is 32.3 Å². The summed E-state index contributed by atoms with van der Waals surface area (Å²) in [7, 11) is -6.60. The molecule has 0 spiro atoms. The van der Waals surface area contributed by atoms with Gasteiger partial charge in [0.2, 0.25) is 10.0 Å². The molecule has 0 bridgehead atoms. The number of hydrogen-bond acceptors (Lipinski definition) is 8. The van der Waals surface area contributed by atoms with Gasteiger partial charge in [0, 0.05) is 0 Å². The number of sulfonamides is 1. The maximum atomic E-state index is 13.2. The molecule has 10 nitrogen and oxygen atoms in total. The minimum atomic E-state index is -4.08. The van der Waals surface area contributed by atoms with Crippen LogP contribution in [-0.2, 0) is 31.4 Å². The number of rotatable bonds is 12. The predicted octanol–water partition coefficient (Wildman–Crippen LogP) is 4.12. The van der Waals surface area contributed by atoms with Crippen LogP contribution in [0.15, 0.2) is 112 Å². The van der Waals surface area contributed by atoms with Crippen LogP contribution in [0.3, 0.4) is 0 Å². The number of amides is 1. The zero-order chi connectivity index (χ0) is 31.0. The quantitative estimate of drug-likeness (QED) is 0.138. The third-order valence-corrected chi connectivity index (χ3v) is 9.06. The van der Waals surface area contributed by atoms with E-state index in [9.17, 15) is 21.6 Å². The van der Waals surface area contributed by atoms with Crippen LogP contribution in [-0.4, -0.2) is 42.1 Å². The number of carbonyl (C=O) groups is 1. The summed E-state index contributed by atoms with van der Waals surface area (Å²) in [5.74, 6) is -0.0244. The fraction of sp³-hybridized carbons (Fsp3) is 0.161. The third kappa shape index (κ3) is 8.74. The molecule has 0 aliphatic rings. The van der Waals surface area contributed by atoms with Crippen LogP contribution >= 0.6 is 0 Å². The van der Waals surface area contributed by atoms with E-state index < -0.39 is 32.1 Å². The molecule has 1 atom stereocenters. The third-order valence-electron chi connectivity index (χ3n) is 6.31. The number of ether oxygens (including phenoxy) is 1. The summed E-state index contributed by atoms with van der Waals surface area (Å²) in [6.45, 7) is 3.68. The molecule has 4 aromatic rings. The van der Waals surface area contributed by atoms with E-state index >= 15 is 0 Å². The summed E-state index contributed by atoms with van der Waals surface area (Å²) in [6.07, 6.45) is 1.35. The predicted molar refractivity (Wildman–Crippen MR) is 163 cm³/mol. The molecule has 0 fully saturated rings. The van der Waals surface area contributed by atoms with Gasteiger partial charge in [-0.3, -0.25) is 4.79 Å². The van der Waals surface area contributed by atoms with Gasteiger partial charge in [-0.2, -0.15) is 18.2 Å². The van der Waals surface area contributed by atoms with Crippen molar-refractivity contribution in [3.05, 3.63) is 119 Å². The van der Waals surface area contributed by atoms with E-state index in [-0.39, 0.29) is 22.0 Å². The van der Waals surface area contributed by atoms with Crippen LogP contribution < -0.4 is 19.1 Å². The Morgan fingerprint density at radius 1 is 0.814 bits per heavy atom. The molecule has 43 heavy (non-hydrogen) atoms. The molecule has 1 unspecified atom stereocenters. The smallest absolute Gasteiger partial charge is 0.339 e. The lowest BCUT2D eigenvalue weighted by Gasteiger charge is -2.18. The Hall–Kier alpha value is -4.52. The average Bonchev–Trinajstić information content (AvgIpc) is 2.98. The SMILES string of the molecule is COc1cccc(/C=N\NC(=O)C(Cc2ccc(OS(=O)(=O)c3ccc(C)cc3)cc2)NS(=O)(=O)c2ccc(C)cc2)c1. The molecule has 0 aliphatic carbocycles. The Morgan fingerprint density at radius 2 is 1.42 bits per heavy atom. The van der Waals surface area contributed by atoms with Gasteiger partial charge in [-0.1, -0.05) is 59.7 Å². The summed E-state index contributed by atoms with van der Waals surface area (Å²) in [5.41, 5.74) is 5.39. The van der Waals surface area contributed by atoms with Crippen LogP contribution in [0.2, 0.25) is 0 Å². The number of nitrogens with zero attached hydrogens (tertiary/aromatic N) is 1. The number of aryl methyl sites for hydroxylation is 2. The van der Waals surface area contributed by atoms with Crippen LogP contribution in [0.5, 0.6) is 11.5 Å². The molecule has 4 rings (SSSR count). The average molecular weight is 622 g/mol. The van der Waals surface area contributed by atoms with Gasteiger partial charge >= 0.3 is 10.1 Å². The van der Waals surface area contributed by atoms with Crippen molar-refractivity contribution in [1.29, 1.82) is 0 Å². The van der Waals surface area contributed by atoms with Gasteiger partial charge in [0.15, 0.2) is 0 Å². The molecule has 0 aromatic heterocycles. The van der Waals surface area contributed by atoms with Gasteiger partial charge in [0.1, 0.15) is 22.4 Å². The van der Waals surface area contributed by atoms with Crippen molar-refractivity contribution in [2.45, 2.75) is 36.1 Å². The zero-order valence-corrected chi connectivity index (χ0v) is 25.4. The molecular formula is C31H31N3O7S2. The number of benzene rings is 4. The van der Waals surface area contributed by atoms with Crippen molar-refractivity contribution in [3.8, 4) is 11.5 Å². The minimum Gasteiger partial charge on any atom is -0.497 e. The van der Waals surface area contributed by atoms with Gasteiger partial charge in [0.25, 0.3) is 5.91 Å². The highest BCUT2D eigenvalue weighted by atomic mass is 32.2. The highest BCUT2D eigenvalue weighted by Crippen LogP contribution is 2.21. The molecule has 0 radical (unpaired) electrons. The van der Waals surface area contributed by atoms with Gasteiger partial charge in [-0.25, -0.2) is 13.8 Å². The van der Waals surface area contributed by atoms with Crippen molar-refractivity contribution < 1.29 is 30.6 Å². The van der Waals surface area contributed by atoms with E-state index in [1.165, 1.54) is 49.7 Å². The fourth-order valence-corrected chi connectivity index (χ4v) is 6.05. The Bertz CT molecular complexity index is 1800. The Kier molecular flexibility index (Phi) is 9.96.